The molecule has 1 N–H and O–H groups in total. The Morgan fingerprint density at radius 3 is 2.40 bits per heavy atom. The van der Waals surface area contributed by atoms with Gasteiger partial charge in [-0.15, -0.1) is 0 Å². The fourth-order valence-electron chi connectivity index (χ4n) is 4.38. The number of carboxylic acid groups (broad SMARTS) is 1. The van der Waals surface area contributed by atoms with Crippen molar-refractivity contribution in [1.29, 1.82) is 0 Å². The molecule has 2 heterocycles. The van der Waals surface area contributed by atoms with Crippen LogP contribution in [0.4, 0.5) is 0 Å². The summed E-state index contributed by atoms with van der Waals surface area (Å²) >= 11 is 0. The van der Waals surface area contributed by atoms with Gasteiger partial charge in [0.15, 0.2) is 0 Å². The van der Waals surface area contributed by atoms with Crippen molar-refractivity contribution in [1.82, 2.24) is 4.31 Å². The number of nitrogens with zero attached hydrogens (tertiary/aromatic N) is 1. The molecule has 0 amide bonds. The van der Waals surface area contributed by atoms with Gasteiger partial charge in [-0.2, -0.15) is 4.31 Å². The van der Waals surface area contributed by atoms with Gasteiger partial charge in [0.2, 0.25) is 10.0 Å². The molecule has 2 bridgehead atoms. The molecule has 6 heteroatoms. The Morgan fingerprint density at radius 2 is 1.80 bits per heavy atom. The first-order valence-electron chi connectivity index (χ1n) is 7.73. The summed E-state index contributed by atoms with van der Waals surface area (Å²) in [6.07, 6.45) is 7.53. The highest BCUT2D eigenvalue weighted by Crippen LogP contribution is 2.44. The number of fused-ring (bicyclic) bond motifs is 2. The Kier molecular flexibility index (Phi) is 3.79. The van der Waals surface area contributed by atoms with E-state index >= 15 is 0 Å². The maximum absolute atomic E-state index is 12.7. The fraction of sp³-hybridized carbons (Fsp3) is 0.929. The lowest BCUT2D eigenvalue weighted by atomic mass is 9.89. The lowest BCUT2D eigenvalue weighted by Gasteiger charge is -2.27. The number of hydrogen-bond donors (Lipinski definition) is 1. The van der Waals surface area contributed by atoms with Crippen LogP contribution in [-0.4, -0.2) is 41.6 Å². The summed E-state index contributed by atoms with van der Waals surface area (Å²) in [5, 5.41) is 9.22. The van der Waals surface area contributed by atoms with Crippen molar-refractivity contribution in [3.8, 4) is 0 Å². The topological polar surface area (TPSA) is 74.7 Å². The van der Waals surface area contributed by atoms with Gasteiger partial charge < -0.3 is 5.11 Å². The molecule has 0 aromatic heterocycles. The smallest absolute Gasteiger partial charge is 0.308 e. The Bertz CT molecular complexity index is 483. The molecule has 1 saturated carbocycles. The number of hydrogen-bond acceptors (Lipinski definition) is 3. The van der Waals surface area contributed by atoms with E-state index in [-0.39, 0.29) is 23.8 Å². The number of sulfonamides is 1. The highest BCUT2D eigenvalue weighted by atomic mass is 32.2. The molecular formula is C14H23NO4S. The van der Waals surface area contributed by atoms with Gasteiger partial charge in [-0.1, -0.05) is 19.3 Å². The van der Waals surface area contributed by atoms with Crippen molar-refractivity contribution in [3.63, 3.8) is 0 Å². The van der Waals surface area contributed by atoms with Crippen LogP contribution in [-0.2, 0) is 14.8 Å². The predicted octanol–water partition coefficient (Wildman–Crippen LogP) is 1.83. The van der Waals surface area contributed by atoms with E-state index in [1.807, 2.05) is 0 Å². The van der Waals surface area contributed by atoms with E-state index < -0.39 is 21.9 Å². The average Bonchev–Trinajstić information content (AvgIpc) is 2.97. The summed E-state index contributed by atoms with van der Waals surface area (Å²) in [5.41, 5.74) is 0. The molecule has 0 aromatic rings. The third-order valence-corrected chi connectivity index (χ3v) is 7.39. The quantitative estimate of drug-likeness (QED) is 0.859. The summed E-state index contributed by atoms with van der Waals surface area (Å²) in [7, 11) is -3.29. The fourth-order valence-corrected chi connectivity index (χ4v) is 6.79. The number of carboxylic acids is 1. The molecule has 0 radical (unpaired) electrons. The molecule has 3 unspecified atom stereocenters. The van der Waals surface area contributed by atoms with Gasteiger partial charge in [0.1, 0.15) is 0 Å². The molecular weight excluding hydrogens is 278 g/mol. The van der Waals surface area contributed by atoms with Crippen LogP contribution in [0.2, 0.25) is 0 Å². The third kappa shape index (κ3) is 2.48. The summed E-state index contributed by atoms with van der Waals surface area (Å²) in [6.45, 7) is 0. The predicted molar refractivity (Wildman–Crippen MR) is 74.8 cm³/mol. The van der Waals surface area contributed by atoms with Gasteiger partial charge in [0, 0.05) is 12.1 Å². The van der Waals surface area contributed by atoms with Crippen LogP contribution in [0.1, 0.15) is 51.4 Å². The maximum Gasteiger partial charge on any atom is 0.308 e. The number of carbonyl (C=O) groups is 1. The molecule has 3 fully saturated rings. The second kappa shape index (κ2) is 5.30. The minimum absolute atomic E-state index is 0.0605. The summed E-state index contributed by atoms with van der Waals surface area (Å²) in [4.78, 5) is 11.2. The summed E-state index contributed by atoms with van der Waals surface area (Å²) < 4.78 is 26.9. The van der Waals surface area contributed by atoms with E-state index in [2.05, 4.69) is 0 Å². The maximum atomic E-state index is 12.7. The van der Waals surface area contributed by atoms with Crippen molar-refractivity contribution in [2.45, 2.75) is 63.5 Å². The van der Waals surface area contributed by atoms with Crippen molar-refractivity contribution < 1.29 is 18.3 Å². The van der Waals surface area contributed by atoms with Crippen molar-refractivity contribution in [2.75, 3.05) is 5.75 Å². The molecule has 114 valence electrons. The molecule has 3 aliphatic rings. The lowest BCUT2D eigenvalue weighted by Crippen LogP contribution is -2.40. The zero-order chi connectivity index (χ0) is 14.3. The largest absolute Gasteiger partial charge is 0.481 e. The Morgan fingerprint density at radius 1 is 1.10 bits per heavy atom. The van der Waals surface area contributed by atoms with Crippen LogP contribution in [0.3, 0.4) is 0 Å². The van der Waals surface area contributed by atoms with Gasteiger partial charge in [0.05, 0.1) is 11.7 Å². The van der Waals surface area contributed by atoms with Crippen LogP contribution < -0.4 is 0 Å². The summed E-state index contributed by atoms with van der Waals surface area (Å²) in [5.74, 6) is -0.825. The van der Waals surface area contributed by atoms with Crippen molar-refractivity contribution >= 4 is 16.0 Å². The zero-order valence-electron chi connectivity index (χ0n) is 11.7. The third-order valence-electron chi connectivity index (χ3n) is 5.28. The lowest BCUT2D eigenvalue weighted by molar-refractivity contribution is -0.142. The molecule has 20 heavy (non-hydrogen) atoms. The van der Waals surface area contributed by atoms with Crippen LogP contribution in [0, 0.1) is 11.8 Å². The van der Waals surface area contributed by atoms with Crippen molar-refractivity contribution in [3.05, 3.63) is 0 Å². The van der Waals surface area contributed by atoms with E-state index in [0.717, 1.165) is 32.1 Å². The number of rotatable bonds is 4. The second-order valence-electron chi connectivity index (χ2n) is 6.59. The minimum atomic E-state index is -3.29. The first-order chi connectivity index (χ1) is 9.49. The molecule has 2 aliphatic heterocycles. The van der Waals surface area contributed by atoms with Crippen LogP contribution in [0.5, 0.6) is 0 Å². The van der Waals surface area contributed by atoms with Gasteiger partial charge in [0.25, 0.3) is 0 Å². The van der Waals surface area contributed by atoms with E-state index in [1.165, 1.54) is 6.42 Å². The highest BCUT2D eigenvalue weighted by molar-refractivity contribution is 7.89. The monoisotopic (exact) mass is 301 g/mol. The molecule has 2 saturated heterocycles. The Balaban J connectivity index is 1.73. The van der Waals surface area contributed by atoms with Crippen LogP contribution >= 0.6 is 0 Å². The summed E-state index contributed by atoms with van der Waals surface area (Å²) in [6, 6.07) is -0.346. The van der Waals surface area contributed by atoms with E-state index in [0.29, 0.717) is 12.8 Å². The van der Waals surface area contributed by atoms with Crippen molar-refractivity contribution in [2.24, 2.45) is 11.8 Å². The molecule has 3 atom stereocenters. The second-order valence-corrected chi connectivity index (χ2v) is 8.51. The molecule has 1 aliphatic carbocycles. The van der Waals surface area contributed by atoms with Crippen LogP contribution in [0.15, 0.2) is 0 Å². The standard InChI is InChI=1S/C14H23NO4S/c16-14(17)12-8-11-6-7-13(12)15(11)20(18,19)9-10-4-2-1-3-5-10/h10-13H,1-9H2,(H,16,17). The Hall–Kier alpha value is -0.620. The first kappa shape index (κ1) is 14.3. The normalized spacial score (nSPS) is 35.5. The van der Waals surface area contributed by atoms with Gasteiger partial charge in [-0.05, 0) is 38.0 Å². The Labute approximate surface area is 120 Å². The van der Waals surface area contributed by atoms with Gasteiger partial charge >= 0.3 is 5.97 Å². The number of aliphatic carboxylic acids is 1. The SMILES string of the molecule is O=C(O)C1CC2CCC1N2S(=O)(=O)CC1CCCCC1. The average molecular weight is 301 g/mol. The molecule has 0 spiro atoms. The van der Waals surface area contributed by atoms with Gasteiger partial charge in [-0.25, -0.2) is 8.42 Å². The first-order valence-corrected chi connectivity index (χ1v) is 9.34. The van der Waals surface area contributed by atoms with E-state index in [4.69, 9.17) is 0 Å². The molecule has 5 nitrogen and oxygen atoms in total. The minimum Gasteiger partial charge on any atom is -0.481 e. The van der Waals surface area contributed by atoms with E-state index in [9.17, 15) is 18.3 Å². The molecule has 0 aromatic carbocycles. The van der Waals surface area contributed by atoms with E-state index in [1.54, 1.807) is 4.31 Å². The van der Waals surface area contributed by atoms with Gasteiger partial charge in [-0.3, -0.25) is 4.79 Å². The zero-order valence-corrected chi connectivity index (χ0v) is 12.5. The van der Waals surface area contributed by atoms with Crippen LogP contribution in [0.25, 0.3) is 0 Å². The highest BCUT2D eigenvalue weighted by Gasteiger charge is 2.54. The molecule has 3 rings (SSSR count).